The van der Waals surface area contributed by atoms with Crippen molar-refractivity contribution in [3.8, 4) is 5.75 Å². The molecule has 0 unspecified atom stereocenters. The number of esters is 1. The number of anilines is 1. The Morgan fingerprint density at radius 1 is 1.23 bits per heavy atom. The Labute approximate surface area is 174 Å². The molecule has 2 heterocycles. The molecule has 0 spiro atoms. The van der Waals surface area contributed by atoms with Crippen LogP contribution in [0.1, 0.15) is 52.4 Å². The van der Waals surface area contributed by atoms with E-state index in [1.807, 2.05) is 0 Å². The van der Waals surface area contributed by atoms with Gasteiger partial charge in [0, 0.05) is 17.8 Å². The molecule has 8 nitrogen and oxygen atoms in total. The maximum atomic E-state index is 12.7. The number of amides is 1. The maximum absolute atomic E-state index is 12.7. The minimum Gasteiger partial charge on any atom is -0.482 e. The van der Waals surface area contributed by atoms with Gasteiger partial charge in [-0.1, -0.05) is 12.1 Å². The molecule has 0 saturated heterocycles. The summed E-state index contributed by atoms with van der Waals surface area (Å²) in [6.07, 6.45) is -1.10. The molecule has 0 aliphatic carbocycles. The van der Waals surface area contributed by atoms with Crippen molar-refractivity contribution in [2.24, 2.45) is 0 Å². The minimum atomic E-state index is -1.03. The molecule has 1 amide bonds. The van der Waals surface area contributed by atoms with Gasteiger partial charge in [0.2, 0.25) is 5.78 Å². The summed E-state index contributed by atoms with van der Waals surface area (Å²) in [4.78, 5) is 53.4. The molecule has 0 saturated carbocycles. The predicted octanol–water partition coefficient (Wildman–Crippen LogP) is 2.76. The van der Waals surface area contributed by atoms with Crippen LogP contribution in [0.25, 0.3) is 0 Å². The smallest absolute Gasteiger partial charge is 0.308 e. The number of hydrogen-bond donors (Lipinski definition) is 1. The monoisotopic (exact) mass is 412 g/mol. The van der Waals surface area contributed by atoms with Crippen LogP contribution in [0.2, 0.25) is 0 Å². The fourth-order valence-corrected chi connectivity index (χ4v) is 3.64. The van der Waals surface area contributed by atoms with Gasteiger partial charge in [-0.15, -0.1) is 0 Å². The Kier molecular flexibility index (Phi) is 6.05. The molecule has 3 rings (SSSR count). The zero-order valence-electron chi connectivity index (χ0n) is 17.4. The highest BCUT2D eigenvalue weighted by atomic mass is 16.5. The van der Waals surface area contributed by atoms with Crippen molar-refractivity contribution < 1.29 is 28.7 Å². The fourth-order valence-electron chi connectivity index (χ4n) is 3.64. The van der Waals surface area contributed by atoms with Crippen molar-refractivity contribution in [3.63, 3.8) is 0 Å². The van der Waals surface area contributed by atoms with E-state index in [0.29, 0.717) is 28.3 Å². The lowest BCUT2D eigenvalue weighted by Crippen LogP contribution is -2.40. The van der Waals surface area contributed by atoms with Crippen molar-refractivity contribution in [1.82, 2.24) is 4.98 Å². The van der Waals surface area contributed by atoms with E-state index in [0.717, 1.165) is 0 Å². The number of nitrogens with one attached hydrogen (secondary N) is 1. The summed E-state index contributed by atoms with van der Waals surface area (Å²) in [7, 11) is 0. The fraction of sp³-hybridized carbons (Fsp3) is 0.364. The number of benzene rings is 1. The van der Waals surface area contributed by atoms with Gasteiger partial charge in [-0.2, -0.15) is 0 Å². The number of hydrogen-bond acceptors (Lipinski definition) is 6. The first-order valence-corrected chi connectivity index (χ1v) is 9.66. The van der Waals surface area contributed by atoms with Crippen LogP contribution in [0.3, 0.4) is 0 Å². The Bertz CT molecular complexity index is 1020. The van der Waals surface area contributed by atoms with Gasteiger partial charge in [-0.05, 0) is 45.4 Å². The molecule has 1 atom stereocenters. The molecule has 0 radical (unpaired) electrons. The number of Topliss-reactive ketones (excluding diaryl/α,β-unsaturated/α-hetero) is 2. The third kappa shape index (κ3) is 4.12. The molecule has 8 heteroatoms. The Hall–Kier alpha value is -3.42. The van der Waals surface area contributed by atoms with Gasteiger partial charge in [-0.3, -0.25) is 19.2 Å². The van der Waals surface area contributed by atoms with Crippen molar-refractivity contribution in [2.45, 2.75) is 40.2 Å². The predicted molar refractivity (Wildman–Crippen MR) is 109 cm³/mol. The Balaban J connectivity index is 1.63. The van der Waals surface area contributed by atoms with Crippen LogP contribution in [0.5, 0.6) is 5.75 Å². The lowest BCUT2D eigenvalue weighted by Gasteiger charge is -2.29. The van der Waals surface area contributed by atoms with E-state index in [9.17, 15) is 19.2 Å². The van der Waals surface area contributed by atoms with Crippen LogP contribution < -0.4 is 9.64 Å². The molecule has 1 aliphatic heterocycles. The number of carbonyl (C=O) groups is 4. The summed E-state index contributed by atoms with van der Waals surface area (Å²) in [6, 6.07) is 7.08. The van der Waals surface area contributed by atoms with E-state index in [-0.39, 0.29) is 37.0 Å². The SMILES string of the molecule is CC(=O)c1c(C)[nH]c(C(=O)[C@@H](C)OC(=O)CCN2C(=O)COc3ccccc32)c1C. The van der Waals surface area contributed by atoms with E-state index >= 15 is 0 Å². The van der Waals surface area contributed by atoms with E-state index < -0.39 is 17.9 Å². The highest BCUT2D eigenvalue weighted by Crippen LogP contribution is 2.31. The molecule has 2 aromatic rings. The summed E-state index contributed by atoms with van der Waals surface area (Å²) in [5.41, 5.74) is 2.48. The van der Waals surface area contributed by atoms with Gasteiger partial charge in [-0.25, -0.2) is 0 Å². The lowest BCUT2D eigenvalue weighted by molar-refractivity contribution is -0.146. The lowest BCUT2D eigenvalue weighted by atomic mass is 10.0. The van der Waals surface area contributed by atoms with Gasteiger partial charge in [0.25, 0.3) is 5.91 Å². The number of nitrogens with zero attached hydrogens (tertiary/aromatic N) is 1. The maximum Gasteiger partial charge on any atom is 0.308 e. The minimum absolute atomic E-state index is 0.0703. The van der Waals surface area contributed by atoms with Crippen molar-refractivity contribution in [2.75, 3.05) is 18.1 Å². The van der Waals surface area contributed by atoms with E-state index in [1.165, 1.54) is 18.7 Å². The van der Waals surface area contributed by atoms with Gasteiger partial charge in [0.15, 0.2) is 18.5 Å². The summed E-state index contributed by atoms with van der Waals surface area (Å²) < 4.78 is 10.7. The molecule has 1 aromatic carbocycles. The van der Waals surface area contributed by atoms with Crippen molar-refractivity contribution >= 4 is 29.1 Å². The Morgan fingerprint density at radius 3 is 2.60 bits per heavy atom. The Morgan fingerprint density at radius 2 is 1.93 bits per heavy atom. The molecule has 0 fully saturated rings. The summed E-state index contributed by atoms with van der Waals surface area (Å²) in [5, 5.41) is 0. The topological polar surface area (TPSA) is 106 Å². The first-order chi connectivity index (χ1) is 14.2. The van der Waals surface area contributed by atoms with Crippen molar-refractivity contribution in [1.29, 1.82) is 0 Å². The average Bonchev–Trinajstić information content (AvgIpc) is 3.00. The van der Waals surface area contributed by atoms with E-state index in [4.69, 9.17) is 9.47 Å². The molecule has 1 N–H and O–H groups in total. The van der Waals surface area contributed by atoms with Crippen LogP contribution in [0.4, 0.5) is 5.69 Å². The van der Waals surface area contributed by atoms with Gasteiger partial charge in [0.1, 0.15) is 5.75 Å². The normalized spacial score (nSPS) is 14.0. The van der Waals surface area contributed by atoms with E-state index in [1.54, 1.807) is 38.1 Å². The number of aromatic amines is 1. The molecule has 0 bridgehead atoms. The third-order valence-electron chi connectivity index (χ3n) is 5.06. The standard InChI is InChI=1S/C22H24N2O6/c1-12-20(14(3)25)13(2)23-21(12)22(28)15(4)30-19(27)9-10-24-16-7-5-6-8-17(16)29-11-18(24)26/h5-8,15,23H,9-11H2,1-4H3/t15-/m1/s1. The van der Waals surface area contributed by atoms with Gasteiger partial charge >= 0.3 is 5.97 Å². The number of para-hydroxylation sites is 2. The number of ether oxygens (including phenoxy) is 2. The molecule has 1 aromatic heterocycles. The number of aromatic nitrogens is 1. The molecule has 158 valence electrons. The number of H-pyrrole nitrogens is 1. The van der Waals surface area contributed by atoms with Crippen LogP contribution in [0.15, 0.2) is 24.3 Å². The molecular weight excluding hydrogens is 388 g/mol. The summed E-state index contributed by atoms with van der Waals surface area (Å²) in [6.45, 7) is 6.35. The van der Waals surface area contributed by atoms with Crippen LogP contribution >= 0.6 is 0 Å². The van der Waals surface area contributed by atoms with Gasteiger partial charge in [0.05, 0.1) is 17.8 Å². The van der Waals surface area contributed by atoms with Crippen LogP contribution in [0, 0.1) is 13.8 Å². The second-order valence-electron chi connectivity index (χ2n) is 7.23. The molecule has 30 heavy (non-hydrogen) atoms. The highest BCUT2D eigenvalue weighted by Gasteiger charge is 2.28. The number of fused-ring (bicyclic) bond motifs is 1. The molecule has 1 aliphatic rings. The largest absolute Gasteiger partial charge is 0.482 e. The summed E-state index contributed by atoms with van der Waals surface area (Å²) in [5.74, 6) is -0.822. The summed E-state index contributed by atoms with van der Waals surface area (Å²) >= 11 is 0. The van der Waals surface area contributed by atoms with Gasteiger partial charge < -0.3 is 19.4 Å². The van der Waals surface area contributed by atoms with E-state index in [2.05, 4.69) is 4.98 Å². The number of carbonyl (C=O) groups excluding carboxylic acids is 4. The number of aryl methyl sites for hydroxylation is 1. The quantitative estimate of drug-likeness (QED) is 0.554. The zero-order chi connectivity index (χ0) is 22.0. The first kappa shape index (κ1) is 21.3. The highest BCUT2D eigenvalue weighted by molar-refractivity contribution is 6.05. The second kappa shape index (κ2) is 8.52. The van der Waals surface area contributed by atoms with Crippen molar-refractivity contribution in [3.05, 3.63) is 46.8 Å². The zero-order valence-corrected chi connectivity index (χ0v) is 17.4. The number of rotatable bonds is 7. The average molecular weight is 412 g/mol. The third-order valence-corrected chi connectivity index (χ3v) is 5.06. The van der Waals surface area contributed by atoms with Crippen LogP contribution in [-0.4, -0.2) is 47.7 Å². The number of ketones is 2. The first-order valence-electron chi connectivity index (χ1n) is 9.66. The second-order valence-corrected chi connectivity index (χ2v) is 7.23. The van der Waals surface area contributed by atoms with Crippen LogP contribution in [-0.2, 0) is 14.3 Å². The molecular formula is C22H24N2O6.